The molecule has 19 heavy (non-hydrogen) atoms. The predicted octanol–water partition coefficient (Wildman–Crippen LogP) is 3.78. The molecular formula is C14H15BrN2OS. The fourth-order valence-corrected chi connectivity index (χ4v) is 3.16. The quantitative estimate of drug-likeness (QED) is 0.844. The van der Waals surface area contributed by atoms with Crippen molar-refractivity contribution in [3.63, 3.8) is 0 Å². The van der Waals surface area contributed by atoms with Gasteiger partial charge >= 0.3 is 0 Å². The number of rotatable bonds is 5. The summed E-state index contributed by atoms with van der Waals surface area (Å²) in [5.74, 6) is 1.40. The molecule has 0 aliphatic heterocycles. The third-order valence-corrected chi connectivity index (χ3v) is 4.59. The number of aromatic nitrogens is 2. The summed E-state index contributed by atoms with van der Waals surface area (Å²) < 4.78 is 1.06. The SMILES string of the molecule is CCCc1cc(=O)[nH]c(CSc2ccccc2Br)n1. The lowest BCUT2D eigenvalue weighted by Crippen LogP contribution is -2.12. The highest BCUT2D eigenvalue weighted by atomic mass is 79.9. The summed E-state index contributed by atoms with van der Waals surface area (Å²) in [6.45, 7) is 2.08. The Hall–Kier alpha value is -1.07. The van der Waals surface area contributed by atoms with E-state index in [0.29, 0.717) is 5.75 Å². The van der Waals surface area contributed by atoms with E-state index >= 15 is 0 Å². The van der Waals surface area contributed by atoms with Crippen LogP contribution in [0, 0.1) is 0 Å². The Kier molecular flexibility index (Phi) is 5.22. The Morgan fingerprint density at radius 3 is 2.89 bits per heavy atom. The molecule has 0 fully saturated rings. The van der Waals surface area contributed by atoms with E-state index in [2.05, 4.69) is 32.8 Å². The maximum Gasteiger partial charge on any atom is 0.251 e. The summed E-state index contributed by atoms with van der Waals surface area (Å²) in [6, 6.07) is 9.61. The van der Waals surface area contributed by atoms with Gasteiger partial charge in [0.05, 0.1) is 5.75 Å². The normalized spacial score (nSPS) is 10.6. The van der Waals surface area contributed by atoms with Gasteiger partial charge in [0.1, 0.15) is 5.82 Å². The largest absolute Gasteiger partial charge is 0.310 e. The number of hydrogen-bond donors (Lipinski definition) is 1. The first-order chi connectivity index (χ1) is 9.19. The molecule has 0 aliphatic carbocycles. The number of H-pyrrole nitrogens is 1. The number of aromatic amines is 1. The molecule has 100 valence electrons. The molecule has 0 saturated carbocycles. The van der Waals surface area contributed by atoms with Crippen LogP contribution in [0.3, 0.4) is 0 Å². The summed E-state index contributed by atoms with van der Waals surface area (Å²) in [6.07, 6.45) is 1.84. The molecule has 1 N–H and O–H groups in total. The van der Waals surface area contributed by atoms with Gasteiger partial charge in [-0.05, 0) is 34.5 Å². The summed E-state index contributed by atoms with van der Waals surface area (Å²) in [4.78, 5) is 20.0. The lowest BCUT2D eigenvalue weighted by molar-refractivity contribution is 0.845. The number of nitrogens with one attached hydrogen (secondary N) is 1. The number of aryl methyl sites for hydroxylation is 1. The summed E-state index contributed by atoms with van der Waals surface area (Å²) in [5.41, 5.74) is 0.801. The molecule has 5 heteroatoms. The molecule has 0 bridgehead atoms. The lowest BCUT2D eigenvalue weighted by atomic mass is 10.2. The second-order valence-electron chi connectivity index (χ2n) is 4.15. The van der Waals surface area contributed by atoms with E-state index in [9.17, 15) is 4.79 Å². The van der Waals surface area contributed by atoms with Crippen molar-refractivity contribution in [2.45, 2.75) is 30.4 Å². The van der Waals surface area contributed by atoms with Gasteiger partial charge in [0.25, 0.3) is 5.56 Å². The first kappa shape index (κ1) is 14.3. The Balaban J connectivity index is 2.11. The van der Waals surface area contributed by atoms with Crippen LogP contribution in [-0.2, 0) is 12.2 Å². The van der Waals surface area contributed by atoms with Crippen molar-refractivity contribution < 1.29 is 0 Å². The smallest absolute Gasteiger partial charge is 0.251 e. The van der Waals surface area contributed by atoms with Gasteiger partial charge in [-0.15, -0.1) is 11.8 Å². The molecule has 0 saturated heterocycles. The second kappa shape index (κ2) is 6.91. The van der Waals surface area contributed by atoms with Crippen LogP contribution in [-0.4, -0.2) is 9.97 Å². The zero-order valence-corrected chi connectivity index (χ0v) is 13.1. The van der Waals surface area contributed by atoms with Crippen LogP contribution in [0.25, 0.3) is 0 Å². The van der Waals surface area contributed by atoms with Crippen LogP contribution in [0.15, 0.2) is 44.5 Å². The van der Waals surface area contributed by atoms with Gasteiger partial charge in [0, 0.05) is 21.1 Å². The van der Waals surface area contributed by atoms with Gasteiger partial charge in [-0.25, -0.2) is 4.98 Å². The fraction of sp³-hybridized carbons (Fsp3) is 0.286. The van der Waals surface area contributed by atoms with E-state index in [0.717, 1.165) is 33.7 Å². The molecule has 0 unspecified atom stereocenters. The first-order valence-corrected chi connectivity index (χ1v) is 7.93. The molecule has 0 atom stereocenters. The number of benzene rings is 1. The molecule has 0 aliphatic rings. The van der Waals surface area contributed by atoms with Gasteiger partial charge in [-0.2, -0.15) is 0 Å². The third-order valence-electron chi connectivity index (χ3n) is 2.55. The lowest BCUT2D eigenvalue weighted by Gasteiger charge is -2.05. The molecule has 1 aromatic carbocycles. The van der Waals surface area contributed by atoms with Crippen molar-refractivity contribution in [2.24, 2.45) is 0 Å². The maximum atomic E-state index is 11.6. The summed E-state index contributed by atoms with van der Waals surface area (Å²) in [7, 11) is 0. The average molecular weight is 339 g/mol. The van der Waals surface area contributed by atoms with Crippen molar-refractivity contribution >= 4 is 27.7 Å². The van der Waals surface area contributed by atoms with Crippen molar-refractivity contribution in [2.75, 3.05) is 0 Å². The molecule has 3 nitrogen and oxygen atoms in total. The van der Waals surface area contributed by atoms with Crippen LogP contribution in [0.1, 0.15) is 24.9 Å². The minimum Gasteiger partial charge on any atom is -0.310 e. The van der Waals surface area contributed by atoms with Gasteiger partial charge in [0.15, 0.2) is 0 Å². The third kappa shape index (κ3) is 4.21. The van der Waals surface area contributed by atoms with E-state index in [1.165, 1.54) is 0 Å². The summed E-state index contributed by atoms with van der Waals surface area (Å²) in [5, 5.41) is 0. The summed E-state index contributed by atoms with van der Waals surface area (Å²) >= 11 is 5.17. The molecule has 0 radical (unpaired) electrons. The highest BCUT2D eigenvalue weighted by Crippen LogP contribution is 2.28. The Labute approximate surface area is 125 Å². The van der Waals surface area contributed by atoms with Crippen LogP contribution in [0.2, 0.25) is 0 Å². The minimum absolute atomic E-state index is 0.0684. The van der Waals surface area contributed by atoms with Crippen molar-refractivity contribution in [3.05, 3.63) is 56.7 Å². The first-order valence-electron chi connectivity index (χ1n) is 6.15. The highest BCUT2D eigenvalue weighted by molar-refractivity contribution is 9.10. The Bertz CT molecular complexity index is 612. The van der Waals surface area contributed by atoms with Crippen molar-refractivity contribution in [1.82, 2.24) is 9.97 Å². The molecule has 2 aromatic rings. The van der Waals surface area contributed by atoms with Gasteiger partial charge in [-0.1, -0.05) is 25.5 Å². The van der Waals surface area contributed by atoms with Crippen molar-refractivity contribution in [1.29, 1.82) is 0 Å². The van der Waals surface area contributed by atoms with E-state index < -0.39 is 0 Å². The molecule has 1 aromatic heterocycles. The van der Waals surface area contributed by atoms with E-state index in [4.69, 9.17) is 0 Å². The molecule has 0 amide bonds. The maximum absolute atomic E-state index is 11.6. The molecule has 0 spiro atoms. The van der Waals surface area contributed by atoms with Crippen LogP contribution < -0.4 is 5.56 Å². The van der Waals surface area contributed by atoms with Gasteiger partial charge in [0.2, 0.25) is 0 Å². The zero-order valence-electron chi connectivity index (χ0n) is 10.6. The second-order valence-corrected chi connectivity index (χ2v) is 6.02. The predicted molar refractivity (Wildman–Crippen MR) is 82.6 cm³/mol. The standard InChI is InChI=1S/C14H15BrN2OS/c1-2-5-10-8-14(18)17-13(16-10)9-19-12-7-4-3-6-11(12)15/h3-4,6-8H,2,5,9H2,1H3,(H,16,17,18). The monoisotopic (exact) mass is 338 g/mol. The molecule has 1 heterocycles. The fourth-order valence-electron chi connectivity index (χ4n) is 1.72. The van der Waals surface area contributed by atoms with Crippen LogP contribution in [0.5, 0.6) is 0 Å². The van der Waals surface area contributed by atoms with E-state index in [-0.39, 0.29) is 5.56 Å². The highest BCUT2D eigenvalue weighted by Gasteiger charge is 2.04. The van der Waals surface area contributed by atoms with Gasteiger partial charge < -0.3 is 4.98 Å². The average Bonchev–Trinajstić information content (AvgIpc) is 2.37. The zero-order chi connectivity index (χ0) is 13.7. The van der Waals surface area contributed by atoms with Gasteiger partial charge in [-0.3, -0.25) is 4.79 Å². The van der Waals surface area contributed by atoms with E-state index in [1.807, 2.05) is 24.3 Å². The molecule has 2 rings (SSSR count). The van der Waals surface area contributed by atoms with Crippen molar-refractivity contribution in [3.8, 4) is 0 Å². The number of nitrogens with zero attached hydrogens (tertiary/aromatic N) is 1. The van der Waals surface area contributed by atoms with Crippen LogP contribution >= 0.6 is 27.7 Å². The number of halogens is 1. The Morgan fingerprint density at radius 1 is 1.37 bits per heavy atom. The molecular weight excluding hydrogens is 324 g/mol. The topological polar surface area (TPSA) is 45.8 Å². The Morgan fingerprint density at radius 2 is 2.16 bits per heavy atom. The number of hydrogen-bond acceptors (Lipinski definition) is 3. The van der Waals surface area contributed by atoms with Crippen LogP contribution in [0.4, 0.5) is 0 Å². The minimum atomic E-state index is -0.0684. The van der Waals surface area contributed by atoms with E-state index in [1.54, 1.807) is 17.8 Å². The number of thioether (sulfide) groups is 1.